The molecule has 0 unspecified atom stereocenters. The van der Waals surface area contributed by atoms with Crippen LogP contribution in [0.15, 0.2) is 23.1 Å². The summed E-state index contributed by atoms with van der Waals surface area (Å²) in [5, 5.41) is 8.50. The van der Waals surface area contributed by atoms with E-state index in [-0.39, 0.29) is 6.42 Å². The highest BCUT2D eigenvalue weighted by atomic mass is 32.2. The summed E-state index contributed by atoms with van der Waals surface area (Å²) in [6.45, 7) is 6.68. The average molecular weight is 274 g/mol. The van der Waals surface area contributed by atoms with Crippen molar-refractivity contribution >= 4 is 17.7 Å². The van der Waals surface area contributed by atoms with Gasteiger partial charge in [0.2, 0.25) is 0 Å². The van der Waals surface area contributed by atoms with Gasteiger partial charge in [-0.2, -0.15) is 0 Å². The van der Waals surface area contributed by atoms with E-state index in [2.05, 4.69) is 19.1 Å². The molecule has 106 valence electrons. The summed E-state index contributed by atoms with van der Waals surface area (Å²) in [7, 11) is 1.66. The van der Waals surface area contributed by atoms with Crippen molar-refractivity contribution in [1.29, 1.82) is 0 Å². The Balaban J connectivity index is 0. The molecule has 3 nitrogen and oxygen atoms in total. The Bertz CT molecular complexity index is 247. The van der Waals surface area contributed by atoms with Gasteiger partial charge in [-0.3, -0.25) is 4.79 Å². The molecule has 0 atom stereocenters. The third-order valence-electron chi connectivity index (χ3n) is 1.77. The normalized spacial score (nSPS) is 11.2. The zero-order chi connectivity index (χ0) is 14.2. The van der Waals surface area contributed by atoms with E-state index < -0.39 is 5.97 Å². The lowest BCUT2D eigenvalue weighted by atomic mass is 10.3. The molecule has 0 radical (unpaired) electrons. The van der Waals surface area contributed by atoms with Crippen LogP contribution in [0.2, 0.25) is 0 Å². The van der Waals surface area contributed by atoms with Crippen LogP contribution in [0, 0.1) is 0 Å². The lowest BCUT2D eigenvalue weighted by Gasteiger charge is -2.01. The van der Waals surface area contributed by atoms with E-state index in [4.69, 9.17) is 9.84 Å². The molecule has 0 aromatic carbocycles. The molecule has 0 aliphatic rings. The molecule has 0 saturated carbocycles. The molecule has 1 N–H and O–H groups in total. The van der Waals surface area contributed by atoms with E-state index in [1.165, 1.54) is 0 Å². The maximum atomic E-state index is 10.3. The highest BCUT2D eigenvalue weighted by Gasteiger charge is 1.98. The predicted octanol–water partition coefficient (Wildman–Crippen LogP) is 4.11. The number of carboxylic acids is 1. The minimum Gasteiger partial charge on any atom is -0.481 e. The van der Waals surface area contributed by atoms with Crippen LogP contribution in [0.25, 0.3) is 0 Å². The lowest BCUT2D eigenvalue weighted by molar-refractivity contribution is -0.137. The molecule has 18 heavy (non-hydrogen) atoms. The maximum Gasteiger partial charge on any atom is 0.303 e. The number of carboxylic acid groups (broad SMARTS) is 1. The summed E-state index contributed by atoms with van der Waals surface area (Å²) < 4.78 is 4.98. The molecule has 0 spiro atoms. The third kappa shape index (κ3) is 15.3. The number of methoxy groups -OCH3 is 1. The summed E-state index contributed by atoms with van der Waals surface area (Å²) in [5.41, 5.74) is 0. The van der Waals surface area contributed by atoms with Crippen molar-refractivity contribution in [2.24, 2.45) is 0 Å². The summed E-state index contributed by atoms with van der Waals surface area (Å²) in [4.78, 5) is 11.5. The van der Waals surface area contributed by atoms with Gasteiger partial charge < -0.3 is 9.84 Å². The summed E-state index contributed by atoms with van der Waals surface area (Å²) in [5.74, 6) is 0.0998. The Hall–Kier alpha value is -0.740. The zero-order valence-corrected chi connectivity index (χ0v) is 12.8. The number of ether oxygens (including phenoxy) is 1. The van der Waals surface area contributed by atoms with Crippen LogP contribution in [-0.4, -0.2) is 30.5 Å². The van der Waals surface area contributed by atoms with E-state index in [9.17, 15) is 4.79 Å². The standard InChI is InChI=1S/C12H20O3S.C2H6/c1-3-4-6-11(8-9-15-2)16-10-5-7-12(13)14;1-2/h4,6,8H,3,5,7,9-10H2,1-2H3,(H,13,14);1-2H3/b6-4-,11-8+;. The SMILES string of the molecule is CC.CC/C=C\C(=C/COC)SCCCC(=O)O. The Labute approximate surface area is 115 Å². The number of allylic oxidation sites excluding steroid dienone is 2. The summed E-state index contributed by atoms with van der Waals surface area (Å²) >= 11 is 1.67. The van der Waals surface area contributed by atoms with Crippen LogP contribution >= 0.6 is 11.8 Å². The number of rotatable bonds is 9. The molecule has 0 saturated heterocycles. The van der Waals surface area contributed by atoms with E-state index in [1.807, 2.05) is 19.9 Å². The predicted molar refractivity (Wildman–Crippen MR) is 80.1 cm³/mol. The van der Waals surface area contributed by atoms with Crippen LogP contribution in [0.3, 0.4) is 0 Å². The van der Waals surface area contributed by atoms with Gasteiger partial charge in [0.15, 0.2) is 0 Å². The number of hydrogen-bond donors (Lipinski definition) is 1. The van der Waals surface area contributed by atoms with Crippen molar-refractivity contribution < 1.29 is 14.6 Å². The van der Waals surface area contributed by atoms with Gasteiger partial charge in [0, 0.05) is 18.4 Å². The largest absolute Gasteiger partial charge is 0.481 e. The van der Waals surface area contributed by atoms with Crippen LogP contribution in [0.5, 0.6) is 0 Å². The van der Waals surface area contributed by atoms with E-state index in [0.29, 0.717) is 13.0 Å². The first-order valence-electron chi connectivity index (χ1n) is 6.41. The molecule has 0 aromatic heterocycles. The quantitative estimate of drug-likeness (QED) is 0.508. The van der Waals surface area contributed by atoms with Crippen molar-refractivity contribution in [3.8, 4) is 0 Å². The number of hydrogen-bond acceptors (Lipinski definition) is 3. The Morgan fingerprint density at radius 2 is 2.06 bits per heavy atom. The molecule has 0 amide bonds. The highest BCUT2D eigenvalue weighted by molar-refractivity contribution is 8.03. The highest BCUT2D eigenvalue weighted by Crippen LogP contribution is 2.18. The van der Waals surface area contributed by atoms with Gasteiger partial charge in [0.25, 0.3) is 0 Å². The minimum absolute atomic E-state index is 0.238. The second-order valence-corrected chi connectivity index (χ2v) is 4.39. The molecule has 4 heteroatoms. The number of thioether (sulfide) groups is 1. The van der Waals surface area contributed by atoms with Crippen LogP contribution in [-0.2, 0) is 9.53 Å². The molecule has 0 heterocycles. The smallest absolute Gasteiger partial charge is 0.303 e. The summed E-state index contributed by atoms with van der Waals surface area (Å²) in [6, 6.07) is 0. The van der Waals surface area contributed by atoms with Crippen molar-refractivity contribution in [1.82, 2.24) is 0 Å². The van der Waals surface area contributed by atoms with Gasteiger partial charge in [0.05, 0.1) is 6.61 Å². The van der Waals surface area contributed by atoms with E-state index in [1.54, 1.807) is 18.9 Å². The fourth-order valence-corrected chi connectivity index (χ4v) is 1.89. The molecular formula is C14H26O3S. The first kappa shape index (κ1) is 19.6. The fourth-order valence-electron chi connectivity index (χ4n) is 0.988. The van der Waals surface area contributed by atoms with Crippen molar-refractivity contribution in [2.45, 2.75) is 40.0 Å². The van der Waals surface area contributed by atoms with Gasteiger partial charge >= 0.3 is 5.97 Å². The van der Waals surface area contributed by atoms with Crippen LogP contribution < -0.4 is 0 Å². The zero-order valence-electron chi connectivity index (χ0n) is 11.9. The molecule has 0 aliphatic carbocycles. The monoisotopic (exact) mass is 274 g/mol. The van der Waals surface area contributed by atoms with Gasteiger partial charge in [0.1, 0.15) is 0 Å². The van der Waals surface area contributed by atoms with Crippen molar-refractivity contribution in [3.63, 3.8) is 0 Å². The topological polar surface area (TPSA) is 46.5 Å². The van der Waals surface area contributed by atoms with E-state index in [0.717, 1.165) is 17.1 Å². The first-order chi connectivity index (χ1) is 8.70. The second-order valence-electron chi connectivity index (χ2n) is 3.22. The average Bonchev–Trinajstić information content (AvgIpc) is 2.39. The Morgan fingerprint density at radius 1 is 1.39 bits per heavy atom. The fraction of sp³-hybridized carbons (Fsp3) is 0.643. The van der Waals surface area contributed by atoms with Crippen LogP contribution in [0.1, 0.15) is 40.0 Å². The van der Waals surface area contributed by atoms with Crippen molar-refractivity contribution in [2.75, 3.05) is 19.5 Å². The van der Waals surface area contributed by atoms with Crippen molar-refractivity contribution in [3.05, 3.63) is 23.1 Å². The minimum atomic E-state index is -0.730. The van der Waals surface area contributed by atoms with Gasteiger partial charge in [-0.1, -0.05) is 32.9 Å². The third-order valence-corrected chi connectivity index (χ3v) is 2.90. The summed E-state index contributed by atoms with van der Waals surface area (Å²) in [6.07, 6.45) is 8.10. The van der Waals surface area contributed by atoms with Gasteiger partial charge in [-0.05, 0) is 24.7 Å². The Morgan fingerprint density at radius 3 is 2.56 bits per heavy atom. The first-order valence-corrected chi connectivity index (χ1v) is 7.39. The van der Waals surface area contributed by atoms with Gasteiger partial charge in [-0.15, -0.1) is 11.8 Å². The molecule has 0 rings (SSSR count). The molecular weight excluding hydrogens is 248 g/mol. The van der Waals surface area contributed by atoms with Gasteiger partial charge in [-0.25, -0.2) is 0 Å². The molecule has 0 aromatic rings. The number of carbonyl (C=O) groups is 1. The molecule has 0 fully saturated rings. The maximum absolute atomic E-state index is 10.3. The molecule has 0 aliphatic heterocycles. The Kier molecular flexibility index (Phi) is 17.7. The van der Waals surface area contributed by atoms with Crippen LogP contribution in [0.4, 0.5) is 0 Å². The number of aliphatic carboxylic acids is 1. The second kappa shape index (κ2) is 16.3. The van der Waals surface area contributed by atoms with E-state index >= 15 is 0 Å². The molecule has 0 bridgehead atoms. The lowest BCUT2D eigenvalue weighted by Crippen LogP contribution is -1.95.